The zero-order chi connectivity index (χ0) is 42.2. The maximum absolute atomic E-state index is 13.4. The van der Waals surface area contributed by atoms with E-state index in [1.807, 2.05) is 68.8 Å². The predicted molar refractivity (Wildman–Crippen MR) is 238 cm³/mol. The zero-order valence-corrected chi connectivity index (χ0v) is 39.1. The second kappa shape index (κ2) is 35.4. The van der Waals surface area contributed by atoms with Crippen molar-refractivity contribution in [2.24, 2.45) is 5.41 Å². The summed E-state index contributed by atoms with van der Waals surface area (Å²) in [5, 5.41) is 3.13. The van der Waals surface area contributed by atoms with Crippen LogP contribution in [0.1, 0.15) is 181 Å². The maximum atomic E-state index is 13.4. The van der Waals surface area contributed by atoms with Gasteiger partial charge in [0.15, 0.2) is 0 Å². The van der Waals surface area contributed by atoms with Crippen LogP contribution < -0.4 is 5.32 Å². The molecule has 0 aromatic carbocycles. The summed E-state index contributed by atoms with van der Waals surface area (Å²) in [6.45, 7) is 45.0. The number of piperidine rings is 1. The van der Waals surface area contributed by atoms with Crippen molar-refractivity contribution >= 4 is 11.8 Å². The normalized spacial score (nSPS) is 17.3. The van der Waals surface area contributed by atoms with Crippen molar-refractivity contribution in [2.75, 3.05) is 40.3 Å². The van der Waals surface area contributed by atoms with Gasteiger partial charge in [0, 0.05) is 51.5 Å². The fourth-order valence-electron chi connectivity index (χ4n) is 5.95. The number of likely N-dealkylation sites (N-methyl/N-ethyl adjacent to an activating group) is 1. The highest BCUT2D eigenvalue weighted by Crippen LogP contribution is 2.26. The van der Waals surface area contributed by atoms with Crippen molar-refractivity contribution in [3.05, 3.63) is 36.7 Å². The number of allylic oxidation sites excluding steroid dienone is 1. The monoisotopic (exact) mass is 750 g/mol. The van der Waals surface area contributed by atoms with Crippen LogP contribution in [-0.4, -0.2) is 95.9 Å². The van der Waals surface area contributed by atoms with E-state index in [1.54, 1.807) is 4.90 Å². The first kappa shape index (κ1) is 57.4. The number of hydrogen-bond acceptors (Lipinski definition) is 5. The molecular formula is C46H95N5O2. The van der Waals surface area contributed by atoms with E-state index in [4.69, 9.17) is 0 Å². The summed E-state index contributed by atoms with van der Waals surface area (Å²) in [5.74, 6) is -0.0693. The Hall–Kier alpha value is -2.28. The number of unbranched alkanes of at least 4 members (excludes halogenated alkanes) is 3. The third kappa shape index (κ3) is 26.2. The third-order valence-electron chi connectivity index (χ3n) is 9.16. The number of likely N-dealkylation sites (tertiary alicyclic amines) is 2. The molecule has 0 radical (unpaired) electrons. The lowest BCUT2D eigenvalue weighted by Gasteiger charge is -2.40. The summed E-state index contributed by atoms with van der Waals surface area (Å²) in [5.41, 5.74) is 1.77. The minimum atomic E-state index is -0.568. The molecule has 316 valence electrons. The number of carbonyl (C=O) groups excluding carboxylic acids is 2. The summed E-state index contributed by atoms with van der Waals surface area (Å²) < 4.78 is 0. The van der Waals surface area contributed by atoms with Crippen LogP contribution in [0.5, 0.6) is 0 Å². The molecule has 2 aliphatic rings. The first-order valence-corrected chi connectivity index (χ1v) is 21.7. The number of nitrogens with one attached hydrogen (secondary N) is 1. The van der Waals surface area contributed by atoms with Crippen molar-refractivity contribution in [3.8, 4) is 0 Å². The molecular weight excluding hydrogens is 655 g/mol. The predicted octanol–water partition coefficient (Wildman–Crippen LogP) is 11.7. The summed E-state index contributed by atoms with van der Waals surface area (Å²) in [6.07, 6.45) is 17.3. The van der Waals surface area contributed by atoms with Crippen LogP contribution in [-0.2, 0) is 9.59 Å². The van der Waals surface area contributed by atoms with Crippen LogP contribution in [0.2, 0.25) is 0 Å². The molecule has 0 aliphatic carbocycles. The van der Waals surface area contributed by atoms with Gasteiger partial charge >= 0.3 is 0 Å². The lowest BCUT2D eigenvalue weighted by Crippen LogP contribution is -2.59. The molecule has 0 spiro atoms. The number of nitrogens with zero attached hydrogens (tertiary/aromatic N) is 4. The van der Waals surface area contributed by atoms with Crippen molar-refractivity contribution in [3.63, 3.8) is 0 Å². The molecule has 2 unspecified atom stereocenters. The summed E-state index contributed by atoms with van der Waals surface area (Å²) in [6, 6.07) is 0.106. The van der Waals surface area contributed by atoms with Gasteiger partial charge in [-0.3, -0.25) is 14.5 Å². The molecule has 0 bridgehead atoms. The molecule has 2 rings (SSSR count). The van der Waals surface area contributed by atoms with Crippen LogP contribution in [0.4, 0.5) is 0 Å². The Labute approximate surface area is 333 Å². The second-order valence-electron chi connectivity index (χ2n) is 15.5. The molecule has 2 fully saturated rings. The van der Waals surface area contributed by atoms with Gasteiger partial charge in [-0.1, -0.05) is 141 Å². The van der Waals surface area contributed by atoms with E-state index in [2.05, 4.69) is 102 Å². The fourth-order valence-corrected chi connectivity index (χ4v) is 5.95. The van der Waals surface area contributed by atoms with Gasteiger partial charge in [-0.2, -0.15) is 0 Å². The minimum Gasteiger partial charge on any atom is -0.381 e. The standard InChI is InChI=1S/C27H48N4O2.C6H13N.C6H14.C3H8.2C2H6/c1-19(2)30-16-11-10-14-23(30)25(32)28-24(27(6,7)8)26(33)29(9)18-15-20(3)22(5)31-17-12-13-21(31)4;1-4-6-7(3)5-2;1-3-5-6-4-2;1-3-2;2*1-2/h15,19,21,23-24H,5,10-14,16-18H2,1-4,6-9H3,(H,28,32);5H,2,4,6H2,1,3H3;3-6H2,1-2H3;3H2,1-2H3;2*1-2H3/b20-15+;;;;;/t21-,23?,24?;;;;;/m1...../s1. The van der Waals surface area contributed by atoms with Gasteiger partial charge in [-0.05, 0) is 83.5 Å². The topological polar surface area (TPSA) is 59.1 Å². The lowest BCUT2D eigenvalue weighted by atomic mass is 9.85. The molecule has 0 aromatic rings. The van der Waals surface area contributed by atoms with Crippen molar-refractivity contribution in [2.45, 2.75) is 206 Å². The van der Waals surface area contributed by atoms with Gasteiger partial charge in [-0.15, -0.1) is 0 Å². The van der Waals surface area contributed by atoms with E-state index in [1.165, 1.54) is 51.4 Å². The molecule has 2 aliphatic heterocycles. The van der Waals surface area contributed by atoms with Gasteiger partial charge in [0.2, 0.25) is 11.8 Å². The molecule has 3 atom stereocenters. The Morgan fingerprint density at radius 1 is 0.887 bits per heavy atom. The molecule has 7 nitrogen and oxygen atoms in total. The van der Waals surface area contributed by atoms with E-state index in [0.717, 1.165) is 50.2 Å². The third-order valence-corrected chi connectivity index (χ3v) is 9.16. The number of rotatable bonds is 14. The molecule has 0 saturated carbocycles. The minimum absolute atomic E-state index is 0.0202. The molecule has 2 amide bonds. The number of hydrogen-bond donors (Lipinski definition) is 1. The van der Waals surface area contributed by atoms with E-state index in [0.29, 0.717) is 18.6 Å². The smallest absolute Gasteiger partial charge is 0.245 e. The average molecular weight is 750 g/mol. The largest absolute Gasteiger partial charge is 0.381 e. The van der Waals surface area contributed by atoms with E-state index in [9.17, 15) is 9.59 Å². The highest BCUT2D eigenvalue weighted by atomic mass is 16.2. The number of amides is 2. The van der Waals surface area contributed by atoms with Crippen molar-refractivity contribution in [1.82, 2.24) is 24.9 Å². The van der Waals surface area contributed by atoms with Gasteiger partial charge in [-0.25, -0.2) is 0 Å². The Bertz CT molecular complexity index is 935. The Morgan fingerprint density at radius 3 is 1.79 bits per heavy atom. The van der Waals surface area contributed by atoms with Gasteiger partial charge in [0.1, 0.15) is 6.04 Å². The Kier molecular flexibility index (Phi) is 38.4. The molecule has 2 saturated heterocycles. The van der Waals surface area contributed by atoms with Crippen LogP contribution in [0.3, 0.4) is 0 Å². The highest BCUT2D eigenvalue weighted by Gasteiger charge is 2.38. The van der Waals surface area contributed by atoms with E-state index < -0.39 is 6.04 Å². The Morgan fingerprint density at radius 2 is 1.42 bits per heavy atom. The molecule has 1 N–H and O–H groups in total. The number of carbonyl (C=O) groups is 2. The summed E-state index contributed by atoms with van der Waals surface area (Å²) >= 11 is 0. The van der Waals surface area contributed by atoms with Crippen LogP contribution in [0.25, 0.3) is 0 Å². The summed E-state index contributed by atoms with van der Waals surface area (Å²) in [7, 11) is 3.84. The van der Waals surface area contributed by atoms with Crippen LogP contribution in [0, 0.1) is 5.41 Å². The molecule has 7 heteroatoms. The quantitative estimate of drug-likeness (QED) is 0.142. The van der Waals surface area contributed by atoms with Gasteiger partial charge in [0.25, 0.3) is 0 Å². The molecule has 53 heavy (non-hydrogen) atoms. The first-order valence-electron chi connectivity index (χ1n) is 21.7. The lowest BCUT2D eigenvalue weighted by molar-refractivity contribution is -0.140. The Balaban J connectivity index is -0.000000494. The van der Waals surface area contributed by atoms with Crippen LogP contribution in [0.15, 0.2) is 36.7 Å². The van der Waals surface area contributed by atoms with Crippen LogP contribution >= 0.6 is 0 Å². The first-order chi connectivity index (χ1) is 25.0. The summed E-state index contributed by atoms with van der Waals surface area (Å²) in [4.78, 5) is 35.1. The van der Waals surface area contributed by atoms with Gasteiger partial charge in [0.05, 0.1) is 6.04 Å². The molecule has 0 aromatic heterocycles. The maximum Gasteiger partial charge on any atom is 0.245 e. The average Bonchev–Trinajstić information content (AvgIpc) is 3.58. The fraction of sp³-hybridized carbons (Fsp3) is 0.826. The zero-order valence-electron chi connectivity index (χ0n) is 39.1. The van der Waals surface area contributed by atoms with E-state index in [-0.39, 0.29) is 23.3 Å². The second-order valence-corrected chi connectivity index (χ2v) is 15.5. The SMILES string of the molecule is C=C(/C(C)=C/CN(C)C(=O)C(NC(=O)C1CCCCN1C(C)C)C(C)(C)C)N1CCC[C@H]1C.C=CN(C)CCC.CC.CC.CCC.CCCCCC. The van der Waals surface area contributed by atoms with Crippen molar-refractivity contribution in [1.29, 1.82) is 0 Å². The van der Waals surface area contributed by atoms with Gasteiger partial charge < -0.3 is 20.0 Å². The highest BCUT2D eigenvalue weighted by molar-refractivity contribution is 5.90. The van der Waals surface area contributed by atoms with E-state index >= 15 is 0 Å². The molecule has 2 heterocycles. The van der Waals surface area contributed by atoms with Crippen molar-refractivity contribution < 1.29 is 9.59 Å².